The highest BCUT2D eigenvalue weighted by Gasteiger charge is 2.12. The molecule has 0 amide bonds. The summed E-state index contributed by atoms with van der Waals surface area (Å²) in [6.07, 6.45) is 3.11. The Morgan fingerprint density at radius 2 is 1.78 bits per heavy atom. The highest BCUT2D eigenvalue weighted by atomic mass is 16.7. The molecule has 1 aromatic heterocycles. The minimum absolute atomic E-state index is 0.0233. The van der Waals surface area contributed by atoms with Crippen LogP contribution in [-0.2, 0) is 9.47 Å². The van der Waals surface area contributed by atoms with E-state index in [0.717, 1.165) is 5.56 Å². The van der Waals surface area contributed by atoms with Gasteiger partial charge in [-0.3, -0.25) is 4.79 Å². The molecule has 0 aliphatic heterocycles. The number of hydrogen-bond donors (Lipinski definition) is 0. The molecule has 1 aromatic carbocycles. The smallest absolute Gasteiger partial charge is 0.181 e. The first-order valence-corrected chi connectivity index (χ1v) is 5.64. The van der Waals surface area contributed by atoms with Crippen molar-refractivity contribution in [2.45, 2.75) is 6.23 Å². The molecule has 1 unspecified atom stereocenters. The Hall–Kier alpha value is -1.91. The molecular weight excluding hydrogens is 230 g/mol. The van der Waals surface area contributed by atoms with Crippen molar-refractivity contribution in [1.82, 2.24) is 4.57 Å². The zero-order chi connectivity index (χ0) is 12.8. The van der Waals surface area contributed by atoms with Crippen molar-refractivity contribution in [1.29, 1.82) is 0 Å². The fourth-order valence-electron chi connectivity index (χ4n) is 1.69. The monoisotopic (exact) mass is 245 g/mol. The largest absolute Gasteiger partial charge is 0.359 e. The first-order chi connectivity index (χ1) is 8.81. The highest BCUT2D eigenvalue weighted by molar-refractivity contribution is 5.18. The standard InChI is InChI=1S/C14H15NO3/c1-17-11-18-14(12-5-3-2-4-6-12)15-9-7-13(16)8-10-15/h2-10,14H,11H2,1H3. The molecule has 0 N–H and O–H groups in total. The average Bonchev–Trinajstić information content (AvgIpc) is 2.42. The van der Waals surface area contributed by atoms with Gasteiger partial charge >= 0.3 is 0 Å². The molecule has 0 fully saturated rings. The summed E-state index contributed by atoms with van der Waals surface area (Å²) in [5.41, 5.74) is 0.975. The Bertz CT molecular complexity index is 516. The van der Waals surface area contributed by atoms with Crippen LogP contribution < -0.4 is 5.43 Å². The van der Waals surface area contributed by atoms with Crippen molar-refractivity contribution in [2.24, 2.45) is 0 Å². The van der Waals surface area contributed by atoms with E-state index in [9.17, 15) is 4.79 Å². The van der Waals surface area contributed by atoms with Crippen LogP contribution in [0.1, 0.15) is 11.8 Å². The van der Waals surface area contributed by atoms with Gasteiger partial charge in [-0.1, -0.05) is 30.3 Å². The number of benzene rings is 1. The van der Waals surface area contributed by atoms with Gasteiger partial charge in [0.2, 0.25) is 0 Å². The quantitative estimate of drug-likeness (QED) is 0.757. The molecular formula is C14H15NO3. The molecule has 94 valence electrons. The molecule has 0 bridgehead atoms. The van der Waals surface area contributed by atoms with Crippen molar-refractivity contribution in [3.63, 3.8) is 0 Å². The fraction of sp³-hybridized carbons (Fsp3) is 0.214. The molecule has 4 nitrogen and oxygen atoms in total. The lowest BCUT2D eigenvalue weighted by molar-refractivity contribution is -0.0838. The normalized spacial score (nSPS) is 12.3. The summed E-state index contributed by atoms with van der Waals surface area (Å²) in [6.45, 7) is 0.186. The van der Waals surface area contributed by atoms with E-state index in [4.69, 9.17) is 9.47 Å². The van der Waals surface area contributed by atoms with Gasteiger partial charge < -0.3 is 14.0 Å². The van der Waals surface area contributed by atoms with Gasteiger partial charge in [0.05, 0.1) is 0 Å². The molecule has 0 spiro atoms. The van der Waals surface area contributed by atoms with Gasteiger partial charge in [0.25, 0.3) is 0 Å². The number of hydrogen-bond acceptors (Lipinski definition) is 3. The van der Waals surface area contributed by atoms with Crippen LogP contribution in [0.3, 0.4) is 0 Å². The summed E-state index contributed by atoms with van der Waals surface area (Å²) < 4.78 is 12.4. The van der Waals surface area contributed by atoms with E-state index >= 15 is 0 Å². The number of aromatic nitrogens is 1. The van der Waals surface area contributed by atoms with Gasteiger partial charge in [0.1, 0.15) is 6.79 Å². The number of nitrogens with zero attached hydrogens (tertiary/aromatic N) is 1. The molecule has 0 saturated carbocycles. The molecule has 0 aliphatic rings. The predicted molar refractivity (Wildman–Crippen MR) is 68.2 cm³/mol. The lowest BCUT2D eigenvalue weighted by atomic mass is 10.2. The van der Waals surface area contributed by atoms with Gasteiger partial charge in [0.15, 0.2) is 11.7 Å². The van der Waals surface area contributed by atoms with Crippen LogP contribution in [0, 0.1) is 0 Å². The number of ether oxygens (including phenoxy) is 2. The molecule has 18 heavy (non-hydrogen) atoms. The first-order valence-electron chi connectivity index (χ1n) is 5.64. The Morgan fingerprint density at radius 3 is 2.39 bits per heavy atom. The maximum absolute atomic E-state index is 11.1. The second-order valence-electron chi connectivity index (χ2n) is 3.82. The average molecular weight is 245 g/mol. The summed E-state index contributed by atoms with van der Waals surface area (Å²) in [6, 6.07) is 12.8. The van der Waals surface area contributed by atoms with Crippen LogP contribution in [0.15, 0.2) is 59.7 Å². The Balaban J connectivity index is 2.30. The van der Waals surface area contributed by atoms with Gasteiger partial charge in [-0.2, -0.15) is 0 Å². The molecule has 1 heterocycles. The van der Waals surface area contributed by atoms with Crippen molar-refractivity contribution in [3.05, 3.63) is 70.6 Å². The Labute approximate surface area is 105 Å². The third-order valence-corrected chi connectivity index (χ3v) is 2.52. The molecule has 0 aliphatic carbocycles. The van der Waals surface area contributed by atoms with Gasteiger partial charge in [-0.05, 0) is 0 Å². The van der Waals surface area contributed by atoms with Crippen LogP contribution in [-0.4, -0.2) is 18.5 Å². The van der Waals surface area contributed by atoms with Crippen LogP contribution in [0.4, 0.5) is 0 Å². The van der Waals surface area contributed by atoms with Crippen molar-refractivity contribution < 1.29 is 9.47 Å². The molecule has 1 atom stereocenters. The first kappa shape index (κ1) is 12.5. The summed E-state index contributed by atoms with van der Waals surface area (Å²) >= 11 is 0. The van der Waals surface area contributed by atoms with E-state index in [1.54, 1.807) is 19.5 Å². The number of rotatable bonds is 5. The Morgan fingerprint density at radius 1 is 1.11 bits per heavy atom. The van der Waals surface area contributed by atoms with Crippen LogP contribution in [0.2, 0.25) is 0 Å². The van der Waals surface area contributed by atoms with Gasteiger partial charge in [-0.25, -0.2) is 0 Å². The third-order valence-electron chi connectivity index (χ3n) is 2.52. The SMILES string of the molecule is COCOC(c1ccccc1)n1ccc(=O)cc1. The second-order valence-corrected chi connectivity index (χ2v) is 3.82. The maximum atomic E-state index is 11.1. The number of pyridine rings is 1. The zero-order valence-corrected chi connectivity index (χ0v) is 10.2. The summed E-state index contributed by atoms with van der Waals surface area (Å²) in [5, 5.41) is 0. The van der Waals surface area contributed by atoms with E-state index in [2.05, 4.69) is 0 Å². The van der Waals surface area contributed by atoms with Crippen molar-refractivity contribution in [3.8, 4) is 0 Å². The third kappa shape index (κ3) is 3.06. The molecule has 2 aromatic rings. The van der Waals surface area contributed by atoms with Gasteiger partial charge in [-0.15, -0.1) is 0 Å². The molecule has 0 radical (unpaired) electrons. The minimum Gasteiger partial charge on any atom is -0.359 e. The van der Waals surface area contributed by atoms with E-state index in [-0.39, 0.29) is 18.4 Å². The maximum Gasteiger partial charge on any atom is 0.181 e. The van der Waals surface area contributed by atoms with E-state index < -0.39 is 0 Å². The topological polar surface area (TPSA) is 40.5 Å². The lowest BCUT2D eigenvalue weighted by Gasteiger charge is -2.20. The highest BCUT2D eigenvalue weighted by Crippen LogP contribution is 2.18. The number of methoxy groups -OCH3 is 1. The summed E-state index contributed by atoms with van der Waals surface area (Å²) in [5.74, 6) is 0. The zero-order valence-electron chi connectivity index (χ0n) is 10.2. The summed E-state index contributed by atoms with van der Waals surface area (Å²) in [7, 11) is 1.58. The second kappa shape index (κ2) is 6.14. The van der Waals surface area contributed by atoms with E-state index in [0.29, 0.717) is 0 Å². The Kier molecular flexibility index (Phi) is 4.28. The minimum atomic E-state index is -0.299. The van der Waals surface area contributed by atoms with Crippen molar-refractivity contribution >= 4 is 0 Å². The summed E-state index contributed by atoms with van der Waals surface area (Å²) in [4.78, 5) is 11.1. The van der Waals surface area contributed by atoms with Crippen LogP contribution in [0.5, 0.6) is 0 Å². The molecule has 0 saturated heterocycles. The van der Waals surface area contributed by atoms with E-state index in [1.165, 1.54) is 12.1 Å². The lowest BCUT2D eigenvalue weighted by Crippen LogP contribution is -2.17. The molecule has 4 heteroatoms. The van der Waals surface area contributed by atoms with E-state index in [1.807, 2.05) is 34.9 Å². The van der Waals surface area contributed by atoms with Crippen molar-refractivity contribution in [2.75, 3.05) is 13.9 Å². The molecule has 2 rings (SSSR count). The fourth-order valence-corrected chi connectivity index (χ4v) is 1.69. The van der Waals surface area contributed by atoms with Crippen LogP contribution in [0.25, 0.3) is 0 Å². The predicted octanol–water partition coefficient (Wildman–Crippen LogP) is 2.02. The van der Waals surface area contributed by atoms with Crippen LogP contribution >= 0.6 is 0 Å². The van der Waals surface area contributed by atoms with Gasteiger partial charge in [0, 0.05) is 37.2 Å².